The fourth-order valence-corrected chi connectivity index (χ4v) is 9.22. The first-order chi connectivity index (χ1) is 27.7. The molecule has 282 valence electrons. The minimum atomic E-state index is 0.403. The molecule has 0 aliphatic carbocycles. The maximum Gasteiger partial charge on any atom is -0.0150 e. The molecule has 0 radical (unpaired) electrons. The second-order valence-electron chi connectivity index (χ2n) is 16.1. The minimum Gasteiger partial charge on any atom is -0.0622 e. The molecule has 0 N–H and O–H groups in total. The Morgan fingerprint density at radius 2 is 0.518 bits per heavy atom. The van der Waals surface area contributed by atoms with Crippen molar-refractivity contribution < 1.29 is 0 Å². The van der Waals surface area contributed by atoms with Crippen molar-refractivity contribution in [3.63, 3.8) is 0 Å². The Bertz CT molecular complexity index is 2080. The summed E-state index contributed by atoms with van der Waals surface area (Å²) in [6, 6.07) is 79.2. The molecule has 0 aliphatic heterocycles. The van der Waals surface area contributed by atoms with E-state index in [1.807, 2.05) is 0 Å². The third kappa shape index (κ3) is 11.1. The zero-order valence-corrected chi connectivity index (χ0v) is 33.1. The van der Waals surface area contributed by atoms with E-state index in [1.165, 1.54) is 38.9 Å². The molecule has 0 aromatic heterocycles. The van der Waals surface area contributed by atoms with Crippen molar-refractivity contribution in [2.75, 3.05) is 0 Å². The summed E-state index contributed by atoms with van der Waals surface area (Å²) in [5.41, 5.74) is 10.2. The summed E-state index contributed by atoms with van der Waals surface area (Å²) in [6.45, 7) is 2.42. The maximum atomic E-state index is 2.42. The second-order valence-corrected chi connectivity index (χ2v) is 16.1. The van der Waals surface area contributed by atoms with Crippen LogP contribution in [0.25, 0.3) is 0 Å². The molecule has 0 heterocycles. The lowest BCUT2D eigenvalue weighted by Gasteiger charge is -2.33. The third-order valence-corrected chi connectivity index (χ3v) is 12.3. The summed E-state index contributed by atoms with van der Waals surface area (Å²) >= 11 is 0. The Labute approximate surface area is 337 Å². The largest absolute Gasteiger partial charge is 0.0622 e. The molecule has 7 rings (SSSR count). The van der Waals surface area contributed by atoms with Crippen molar-refractivity contribution in [1.82, 2.24) is 0 Å². The fourth-order valence-electron chi connectivity index (χ4n) is 9.22. The lowest BCUT2D eigenvalue weighted by Crippen LogP contribution is -2.16. The average Bonchev–Trinajstić information content (AvgIpc) is 3.28. The van der Waals surface area contributed by atoms with Gasteiger partial charge >= 0.3 is 0 Å². The van der Waals surface area contributed by atoms with Crippen LogP contribution in [0.2, 0.25) is 0 Å². The molecule has 0 nitrogen and oxygen atoms in total. The predicted octanol–water partition coefficient (Wildman–Crippen LogP) is 15.3. The molecule has 0 fully saturated rings. The van der Waals surface area contributed by atoms with Crippen molar-refractivity contribution in [3.05, 3.63) is 251 Å². The van der Waals surface area contributed by atoms with Gasteiger partial charge in [-0.2, -0.15) is 0 Å². The molecule has 56 heavy (non-hydrogen) atoms. The highest BCUT2D eigenvalue weighted by Gasteiger charge is 2.29. The first-order valence-corrected chi connectivity index (χ1v) is 21.0. The molecule has 6 unspecified atom stereocenters. The summed E-state index contributed by atoms with van der Waals surface area (Å²) < 4.78 is 0. The van der Waals surface area contributed by atoms with E-state index < -0.39 is 0 Å². The van der Waals surface area contributed by atoms with Crippen LogP contribution in [0.15, 0.2) is 212 Å². The van der Waals surface area contributed by atoms with E-state index in [-0.39, 0.29) is 0 Å². The SMILES string of the molecule is CC(CC(CC(CC(CC(CC(CCc1ccccc1)c1ccccc1)c1ccccc1)c1ccccc1)c1ccccc1)c1ccccc1)c1ccccc1. The number of hydrogen-bond acceptors (Lipinski definition) is 0. The van der Waals surface area contributed by atoms with E-state index in [1.54, 1.807) is 0 Å². The van der Waals surface area contributed by atoms with E-state index in [0.29, 0.717) is 35.5 Å². The van der Waals surface area contributed by atoms with Gasteiger partial charge in [0.05, 0.1) is 0 Å². The van der Waals surface area contributed by atoms with Crippen LogP contribution in [0.3, 0.4) is 0 Å². The van der Waals surface area contributed by atoms with E-state index >= 15 is 0 Å². The Hall–Kier alpha value is -5.46. The van der Waals surface area contributed by atoms with Crippen LogP contribution in [0.4, 0.5) is 0 Å². The minimum absolute atomic E-state index is 0.403. The van der Waals surface area contributed by atoms with E-state index in [2.05, 4.69) is 219 Å². The smallest absolute Gasteiger partial charge is 0.0150 e. The molecule has 6 atom stereocenters. The molecule has 7 aromatic rings. The van der Waals surface area contributed by atoms with Crippen molar-refractivity contribution in [2.24, 2.45) is 0 Å². The normalized spacial score (nSPS) is 14.6. The zero-order chi connectivity index (χ0) is 38.2. The number of hydrogen-bond donors (Lipinski definition) is 0. The van der Waals surface area contributed by atoms with E-state index in [4.69, 9.17) is 0 Å². The highest BCUT2D eigenvalue weighted by atomic mass is 14.3. The molecule has 0 amide bonds. The van der Waals surface area contributed by atoms with Crippen LogP contribution in [-0.2, 0) is 6.42 Å². The van der Waals surface area contributed by atoms with Gasteiger partial charge in [-0.25, -0.2) is 0 Å². The van der Waals surface area contributed by atoms with Crippen molar-refractivity contribution in [2.45, 2.75) is 87.4 Å². The quantitative estimate of drug-likeness (QED) is 0.0777. The number of rotatable bonds is 19. The van der Waals surface area contributed by atoms with Crippen LogP contribution >= 0.6 is 0 Å². The van der Waals surface area contributed by atoms with Gasteiger partial charge in [0.2, 0.25) is 0 Å². The Balaban J connectivity index is 1.22. The Kier molecular flexibility index (Phi) is 14.2. The predicted molar refractivity (Wildman–Crippen MR) is 239 cm³/mol. The van der Waals surface area contributed by atoms with Gasteiger partial charge in [0, 0.05) is 0 Å². The van der Waals surface area contributed by atoms with Crippen molar-refractivity contribution >= 4 is 0 Å². The fraction of sp³-hybridized carbons (Fsp3) is 0.250. The third-order valence-electron chi connectivity index (χ3n) is 12.3. The standard InChI is InChI=1S/C56H58/c1-44(46-25-11-3-12-26-46)39-53(48-29-15-5-16-30-48)41-55(50-33-19-7-20-34-50)43-56(51-35-21-8-22-36-51)42-54(49-31-17-6-18-32-49)40-52(47-27-13-4-14-28-47)38-37-45-23-9-2-10-24-45/h2-36,44,52-56H,37-43H2,1H3. The molecule has 0 saturated heterocycles. The first-order valence-electron chi connectivity index (χ1n) is 21.0. The van der Waals surface area contributed by atoms with Gasteiger partial charge in [-0.1, -0.05) is 219 Å². The molecular formula is C56H58. The topological polar surface area (TPSA) is 0 Å². The van der Waals surface area contributed by atoms with Crippen LogP contribution in [-0.4, -0.2) is 0 Å². The van der Waals surface area contributed by atoms with E-state index in [9.17, 15) is 0 Å². The second kappa shape index (κ2) is 20.5. The molecule has 0 aliphatic rings. The summed E-state index contributed by atoms with van der Waals surface area (Å²) in [7, 11) is 0. The van der Waals surface area contributed by atoms with Gasteiger partial charge in [0.1, 0.15) is 0 Å². The molecule has 0 saturated carbocycles. The van der Waals surface area contributed by atoms with Gasteiger partial charge in [0.25, 0.3) is 0 Å². The van der Waals surface area contributed by atoms with Crippen molar-refractivity contribution in [1.29, 1.82) is 0 Å². The van der Waals surface area contributed by atoms with Crippen LogP contribution in [0.1, 0.15) is 120 Å². The monoisotopic (exact) mass is 730 g/mol. The molecule has 0 spiro atoms. The van der Waals surface area contributed by atoms with Crippen LogP contribution < -0.4 is 0 Å². The number of aryl methyl sites for hydroxylation is 1. The van der Waals surface area contributed by atoms with Gasteiger partial charge < -0.3 is 0 Å². The summed E-state index contributed by atoms with van der Waals surface area (Å²) in [4.78, 5) is 0. The summed E-state index contributed by atoms with van der Waals surface area (Å²) in [5.74, 6) is 2.61. The van der Waals surface area contributed by atoms with Crippen LogP contribution in [0.5, 0.6) is 0 Å². The number of benzene rings is 7. The molecular weight excluding hydrogens is 673 g/mol. The average molecular weight is 731 g/mol. The molecule has 0 bridgehead atoms. The first kappa shape index (κ1) is 38.8. The molecule has 7 aromatic carbocycles. The highest BCUT2D eigenvalue weighted by Crippen LogP contribution is 2.45. The van der Waals surface area contributed by atoms with E-state index in [0.717, 1.165) is 44.9 Å². The van der Waals surface area contributed by atoms with Gasteiger partial charge in [-0.15, -0.1) is 0 Å². The van der Waals surface area contributed by atoms with Gasteiger partial charge in [-0.05, 0) is 119 Å². The summed E-state index contributed by atoms with van der Waals surface area (Å²) in [5, 5.41) is 0. The maximum absolute atomic E-state index is 2.42. The summed E-state index contributed by atoms with van der Waals surface area (Å²) in [6.07, 6.45) is 7.82. The Morgan fingerprint density at radius 3 is 0.857 bits per heavy atom. The van der Waals surface area contributed by atoms with Gasteiger partial charge in [0.15, 0.2) is 0 Å². The zero-order valence-electron chi connectivity index (χ0n) is 33.1. The molecule has 0 heteroatoms. The van der Waals surface area contributed by atoms with Crippen molar-refractivity contribution in [3.8, 4) is 0 Å². The lowest BCUT2D eigenvalue weighted by atomic mass is 9.72. The highest BCUT2D eigenvalue weighted by molar-refractivity contribution is 5.30. The lowest BCUT2D eigenvalue weighted by molar-refractivity contribution is 0.391. The van der Waals surface area contributed by atoms with Crippen LogP contribution in [0, 0.1) is 0 Å². The Morgan fingerprint density at radius 1 is 0.268 bits per heavy atom. The van der Waals surface area contributed by atoms with Gasteiger partial charge in [-0.3, -0.25) is 0 Å².